The van der Waals surface area contributed by atoms with Gasteiger partial charge in [0.05, 0.1) is 25.2 Å². The summed E-state index contributed by atoms with van der Waals surface area (Å²) in [4.78, 5) is 21.8. The van der Waals surface area contributed by atoms with Crippen LogP contribution in [0.15, 0.2) is 48.5 Å². The molecule has 0 saturated heterocycles. The molecule has 0 saturated carbocycles. The zero-order chi connectivity index (χ0) is 29.3. The van der Waals surface area contributed by atoms with Crippen LogP contribution in [0.2, 0.25) is 0 Å². The molecule has 0 unspecified atom stereocenters. The number of carbonyl (C=O) groups excluding carboxylic acids is 2. The minimum atomic E-state index is -1.18. The van der Waals surface area contributed by atoms with E-state index in [1.807, 2.05) is 0 Å². The molecule has 0 heterocycles. The van der Waals surface area contributed by atoms with Crippen molar-refractivity contribution in [1.29, 1.82) is 0 Å². The monoisotopic (exact) mass is 578 g/mol. The third kappa shape index (κ3) is 19.5. The molecule has 2 rings (SSSR count). The smallest absolute Gasteiger partial charge is 0.545 e. The van der Waals surface area contributed by atoms with Crippen molar-refractivity contribution >= 4 is 35.0 Å². The summed E-state index contributed by atoms with van der Waals surface area (Å²) in [6, 6.07) is 13.3. The molecule has 0 aliphatic carbocycles. The minimum Gasteiger partial charge on any atom is -0.545 e. The molecule has 0 amide bonds. The van der Waals surface area contributed by atoms with Crippen molar-refractivity contribution in [3.63, 3.8) is 0 Å². The number of ether oxygens (including phenoxy) is 2. The Morgan fingerprint density at radius 1 is 0.512 bits per heavy atom. The Bertz CT molecular complexity index is 857. The van der Waals surface area contributed by atoms with Crippen LogP contribution in [0.1, 0.15) is 137 Å². The van der Waals surface area contributed by atoms with E-state index < -0.39 is 11.9 Å². The Morgan fingerprint density at radius 3 is 1.12 bits per heavy atom. The molecule has 2 aromatic carbocycles. The topological polar surface area (TPSA) is 98.7 Å². The molecule has 2 aromatic rings. The van der Waals surface area contributed by atoms with E-state index in [1.165, 1.54) is 89.2 Å². The first kappa shape index (κ1) is 38.7. The molecule has 0 aliphatic rings. The maximum atomic E-state index is 10.9. The molecule has 0 atom stereocenters. The quantitative estimate of drug-likeness (QED) is 0.113. The van der Waals surface area contributed by atoms with Gasteiger partial charge in [-0.25, -0.2) is 0 Å². The molecular weight excluding hydrogens is 529 g/mol. The van der Waals surface area contributed by atoms with Crippen molar-refractivity contribution in [3.05, 3.63) is 59.7 Å². The molecule has 41 heavy (non-hydrogen) atoms. The third-order valence-corrected chi connectivity index (χ3v) is 6.72. The van der Waals surface area contributed by atoms with Gasteiger partial charge in [-0.2, -0.15) is 0 Å². The summed E-state index contributed by atoms with van der Waals surface area (Å²) in [7, 11) is 0. The molecule has 7 heteroatoms. The van der Waals surface area contributed by atoms with Gasteiger partial charge in [-0.3, -0.25) is 0 Å². The standard InChI is InChI=1S/2C17H26O3.Mg/c2*1-2-3-4-5-6-7-8-11-14-20-16-13-10-9-12-15(16)17(18)19;/h2*9-10,12-13H,2-8,11,14H2,1H3,(H,18,19);/q;;+2/p-2. The Kier molecular flexibility index (Phi) is 25.2. The first-order valence-electron chi connectivity index (χ1n) is 15.4. The van der Waals surface area contributed by atoms with E-state index in [1.54, 1.807) is 36.4 Å². The summed E-state index contributed by atoms with van der Waals surface area (Å²) >= 11 is 0. The van der Waals surface area contributed by atoms with E-state index in [-0.39, 0.29) is 34.2 Å². The summed E-state index contributed by atoms with van der Waals surface area (Å²) in [5.41, 5.74) is 0.263. The van der Waals surface area contributed by atoms with Gasteiger partial charge in [-0.05, 0) is 37.1 Å². The summed E-state index contributed by atoms with van der Waals surface area (Å²) in [5.74, 6) is -1.54. The second-order valence-corrected chi connectivity index (χ2v) is 10.2. The third-order valence-electron chi connectivity index (χ3n) is 6.72. The van der Waals surface area contributed by atoms with Crippen LogP contribution in [0, 0.1) is 0 Å². The molecule has 0 spiro atoms. The van der Waals surface area contributed by atoms with E-state index in [0.717, 1.165) is 25.7 Å². The summed E-state index contributed by atoms with van der Waals surface area (Å²) in [6.45, 7) is 5.59. The largest absolute Gasteiger partial charge is 2.00 e. The molecule has 0 aromatic heterocycles. The molecule has 6 nitrogen and oxygen atoms in total. The van der Waals surface area contributed by atoms with Crippen LogP contribution in [0.4, 0.5) is 0 Å². The predicted octanol–water partition coefficient (Wildman–Crippen LogP) is 6.76. The molecule has 224 valence electrons. The molecule has 0 bridgehead atoms. The predicted molar refractivity (Wildman–Crippen MR) is 164 cm³/mol. The number of rotatable bonds is 22. The maximum absolute atomic E-state index is 10.9. The van der Waals surface area contributed by atoms with Crippen LogP contribution in [-0.4, -0.2) is 48.2 Å². The fraction of sp³-hybridized carbons (Fsp3) is 0.588. The van der Waals surface area contributed by atoms with E-state index in [4.69, 9.17) is 9.47 Å². The minimum absolute atomic E-state index is 0. The first-order chi connectivity index (χ1) is 19.5. The van der Waals surface area contributed by atoms with Crippen LogP contribution in [0.5, 0.6) is 11.5 Å². The van der Waals surface area contributed by atoms with Gasteiger partial charge < -0.3 is 29.3 Å². The van der Waals surface area contributed by atoms with Crippen LogP contribution in [0.3, 0.4) is 0 Å². The normalized spacial score (nSPS) is 10.2. The summed E-state index contributed by atoms with van der Waals surface area (Å²) in [6.07, 6.45) is 19.8. The van der Waals surface area contributed by atoms with Gasteiger partial charge in [0.15, 0.2) is 0 Å². The molecule has 0 N–H and O–H groups in total. The van der Waals surface area contributed by atoms with Gasteiger partial charge in [0, 0.05) is 11.1 Å². The Morgan fingerprint density at radius 2 is 0.805 bits per heavy atom. The number of carboxylic acids is 2. The second kappa shape index (κ2) is 26.6. The van der Waals surface area contributed by atoms with Gasteiger partial charge in [0.2, 0.25) is 0 Å². The average molecular weight is 579 g/mol. The SMILES string of the molecule is CCCCCCCCCCOc1ccccc1C(=O)[O-].CCCCCCCCCCOc1ccccc1C(=O)[O-].[Mg+2]. The first-order valence-corrected chi connectivity index (χ1v) is 15.4. The van der Waals surface area contributed by atoms with Crippen molar-refractivity contribution in [2.75, 3.05) is 13.2 Å². The fourth-order valence-corrected chi connectivity index (χ4v) is 4.36. The zero-order valence-electron chi connectivity index (χ0n) is 25.5. The van der Waals surface area contributed by atoms with Gasteiger partial charge in [0.1, 0.15) is 11.5 Å². The second-order valence-electron chi connectivity index (χ2n) is 10.2. The zero-order valence-corrected chi connectivity index (χ0v) is 26.9. The van der Waals surface area contributed by atoms with Crippen LogP contribution in [-0.2, 0) is 0 Å². The van der Waals surface area contributed by atoms with E-state index in [0.29, 0.717) is 24.7 Å². The van der Waals surface area contributed by atoms with Gasteiger partial charge in [0.25, 0.3) is 0 Å². The number of para-hydroxylation sites is 2. The van der Waals surface area contributed by atoms with E-state index in [9.17, 15) is 19.8 Å². The number of benzene rings is 2. The van der Waals surface area contributed by atoms with Crippen molar-refractivity contribution < 1.29 is 29.3 Å². The van der Waals surface area contributed by atoms with Crippen molar-refractivity contribution in [2.24, 2.45) is 0 Å². The Hall–Kier alpha value is -2.25. The van der Waals surface area contributed by atoms with Crippen LogP contribution in [0.25, 0.3) is 0 Å². The Balaban J connectivity index is 0.000000762. The van der Waals surface area contributed by atoms with E-state index >= 15 is 0 Å². The number of hydrogen-bond acceptors (Lipinski definition) is 6. The Labute approximate surface area is 264 Å². The van der Waals surface area contributed by atoms with Gasteiger partial charge in [-0.1, -0.05) is 128 Å². The van der Waals surface area contributed by atoms with Crippen molar-refractivity contribution in [2.45, 2.75) is 117 Å². The molecular formula is C34H50MgO6. The average Bonchev–Trinajstić information content (AvgIpc) is 2.96. The number of hydrogen-bond donors (Lipinski definition) is 0. The van der Waals surface area contributed by atoms with Crippen molar-refractivity contribution in [1.82, 2.24) is 0 Å². The van der Waals surface area contributed by atoms with Gasteiger partial charge in [-0.15, -0.1) is 0 Å². The number of unbranched alkanes of at least 4 members (excludes halogenated alkanes) is 14. The molecule has 0 fully saturated rings. The summed E-state index contributed by atoms with van der Waals surface area (Å²) < 4.78 is 11.0. The van der Waals surface area contributed by atoms with Crippen molar-refractivity contribution in [3.8, 4) is 11.5 Å². The van der Waals surface area contributed by atoms with E-state index in [2.05, 4.69) is 13.8 Å². The summed E-state index contributed by atoms with van der Waals surface area (Å²) in [5, 5.41) is 21.8. The number of carbonyl (C=O) groups is 2. The number of aromatic carboxylic acids is 2. The van der Waals surface area contributed by atoms with Gasteiger partial charge >= 0.3 is 23.1 Å². The van der Waals surface area contributed by atoms with Crippen LogP contribution < -0.4 is 19.7 Å². The van der Waals surface area contributed by atoms with Crippen LogP contribution >= 0.6 is 0 Å². The fourth-order valence-electron chi connectivity index (χ4n) is 4.36. The maximum Gasteiger partial charge on any atom is 2.00 e. The number of carboxylic acid groups (broad SMARTS) is 2. The molecule has 0 aliphatic heterocycles. The molecule has 0 radical (unpaired) electrons.